The minimum atomic E-state index is -0.358. The summed E-state index contributed by atoms with van der Waals surface area (Å²) in [5.74, 6) is 0.499. The monoisotopic (exact) mass is 435 g/mol. The number of piperidine rings is 1. The predicted octanol–water partition coefficient (Wildman–Crippen LogP) is 3.74. The molecule has 1 atom stereocenters. The topological polar surface area (TPSA) is 94.2 Å². The summed E-state index contributed by atoms with van der Waals surface area (Å²) in [4.78, 5) is 27.5. The number of benzene rings is 1. The number of hydrogen-bond donors (Lipinski definition) is 1. The zero-order valence-electron chi connectivity index (χ0n) is 18.0. The number of pyridine rings is 1. The number of nitrogens with two attached hydrogens (primary N) is 1. The summed E-state index contributed by atoms with van der Waals surface area (Å²) in [5.41, 5.74) is 9.33. The first-order chi connectivity index (χ1) is 15.5. The summed E-state index contributed by atoms with van der Waals surface area (Å²) in [7, 11) is 0. The van der Waals surface area contributed by atoms with Crippen molar-refractivity contribution in [3.8, 4) is 16.9 Å². The molecule has 1 aromatic carbocycles. The van der Waals surface area contributed by atoms with Crippen molar-refractivity contribution in [2.75, 3.05) is 25.4 Å². The van der Waals surface area contributed by atoms with E-state index in [4.69, 9.17) is 15.5 Å². The molecule has 0 saturated carbocycles. The summed E-state index contributed by atoms with van der Waals surface area (Å²) in [6, 6.07) is 9.98. The van der Waals surface area contributed by atoms with Crippen LogP contribution in [0.2, 0.25) is 0 Å². The second kappa shape index (κ2) is 9.72. The maximum Gasteiger partial charge on any atom is 0.226 e. The van der Waals surface area contributed by atoms with Crippen LogP contribution in [0.5, 0.6) is 5.75 Å². The fourth-order valence-electron chi connectivity index (χ4n) is 3.97. The minimum Gasteiger partial charge on any atom is -0.493 e. The number of nitrogen functional groups attached to an aromatic ring is 1. The van der Waals surface area contributed by atoms with Gasteiger partial charge in [-0.25, -0.2) is 14.4 Å². The highest BCUT2D eigenvalue weighted by Crippen LogP contribution is 2.29. The van der Waals surface area contributed by atoms with Crippen molar-refractivity contribution in [3.63, 3.8) is 0 Å². The van der Waals surface area contributed by atoms with E-state index in [1.165, 1.54) is 12.1 Å². The number of carbonyl (C=O) groups excluding carboxylic acids is 1. The number of likely N-dealkylation sites (tertiary alicyclic amines) is 1. The molecule has 0 bridgehead atoms. The van der Waals surface area contributed by atoms with Gasteiger partial charge in [-0.05, 0) is 49.6 Å². The molecule has 3 aromatic rings. The van der Waals surface area contributed by atoms with Gasteiger partial charge in [0.15, 0.2) is 0 Å². The van der Waals surface area contributed by atoms with Crippen molar-refractivity contribution in [2.24, 2.45) is 0 Å². The molecule has 2 N–H and O–H groups in total. The Morgan fingerprint density at radius 2 is 2.03 bits per heavy atom. The Morgan fingerprint density at radius 1 is 1.22 bits per heavy atom. The van der Waals surface area contributed by atoms with Crippen LogP contribution in [-0.4, -0.2) is 45.5 Å². The summed E-state index contributed by atoms with van der Waals surface area (Å²) >= 11 is 0. The molecule has 8 heteroatoms. The van der Waals surface area contributed by atoms with Gasteiger partial charge in [0, 0.05) is 54.4 Å². The zero-order chi connectivity index (χ0) is 22.5. The zero-order valence-corrected chi connectivity index (χ0v) is 18.0. The lowest BCUT2D eigenvalue weighted by molar-refractivity contribution is -0.132. The molecule has 32 heavy (non-hydrogen) atoms. The molecule has 3 heterocycles. The Labute approximate surface area is 186 Å². The van der Waals surface area contributed by atoms with E-state index in [0.29, 0.717) is 12.3 Å². The molecule has 0 radical (unpaired) electrons. The van der Waals surface area contributed by atoms with Gasteiger partial charge in [-0.2, -0.15) is 0 Å². The van der Waals surface area contributed by atoms with Crippen molar-refractivity contribution in [1.29, 1.82) is 0 Å². The first-order valence-corrected chi connectivity index (χ1v) is 10.7. The van der Waals surface area contributed by atoms with Crippen LogP contribution < -0.4 is 10.5 Å². The van der Waals surface area contributed by atoms with Gasteiger partial charge in [0.1, 0.15) is 11.6 Å². The summed E-state index contributed by atoms with van der Waals surface area (Å²) in [5, 5.41) is 0. The fraction of sp³-hybridized carbons (Fsp3) is 0.333. The molecule has 1 fully saturated rings. The Hall–Kier alpha value is -3.55. The van der Waals surface area contributed by atoms with Crippen molar-refractivity contribution in [3.05, 3.63) is 66.0 Å². The van der Waals surface area contributed by atoms with E-state index in [-0.39, 0.29) is 36.6 Å². The third-order valence-electron chi connectivity index (χ3n) is 5.55. The number of aromatic nitrogens is 3. The van der Waals surface area contributed by atoms with Crippen LogP contribution in [0.25, 0.3) is 11.1 Å². The van der Waals surface area contributed by atoms with Crippen LogP contribution in [0.4, 0.5) is 10.3 Å². The first kappa shape index (κ1) is 21.7. The van der Waals surface area contributed by atoms with Gasteiger partial charge in [-0.1, -0.05) is 6.07 Å². The van der Waals surface area contributed by atoms with E-state index in [2.05, 4.69) is 9.97 Å². The van der Waals surface area contributed by atoms with Crippen LogP contribution in [-0.2, 0) is 4.79 Å². The molecule has 166 valence electrons. The SMILES string of the molecule is Cc1cc(-c2cnc(N)nc2)cc([C@@H]2CCCN(C(=O)CCOc3cccc(F)c3)C2)n1. The van der Waals surface area contributed by atoms with Crippen molar-refractivity contribution in [1.82, 2.24) is 19.9 Å². The number of hydrogen-bond acceptors (Lipinski definition) is 6. The molecule has 1 aliphatic rings. The van der Waals surface area contributed by atoms with Gasteiger partial charge >= 0.3 is 0 Å². The van der Waals surface area contributed by atoms with Crippen LogP contribution >= 0.6 is 0 Å². The van der Waals surface area contributed by atoms with Crippen molar-refractivity contribution in [2.45, 2.75) is 32.1 Å². The molecule has 1 aliphatic heterocycles. The Morgan fingerprint density at radius 3 is 2.81 bits per heavy atom. The highest BCUT2D eigenvalue weighted by atomic mass is 19.1. The summed E-state index contributed by atoms with van der Waals surface area (Å²) < 4.78 is 18.8. The average Bonchev–Trinajstić information content (AvgIpc) is 2.79. The second-order valence-corrected chi connectivity index (χ2v) is 7.99. The summed E-state index contributed by atoms with van der Waals surface area (Å²) in [6.45, 7) is 3.51. The number of rotatable bonds is 6. The van der Waals surface area contributed by atoms with Crippen molar-refractivity contribution >= 4 is 11.9 Å². The lowest BCUT2D eigenvalue weighted by Gasteiger charge is -2.33. The van der Waals surface area contributed by atoms with E-state index in [1.807, 2.05) is 24.0 Å². The largest absolute Gasteiger partial charge is 0.493 e. The number of halogens is 1. The van der Waals surface area contributed by atoms with Gasteiger partial charge < -0.3 is 15.4 Å². The van der Waals surface area contributed by atoms with Gasteiger partial charge in [0.2, 0.25) is 11.9 Å². The lowest BCUT2D eigenvalue weighted by Crippen LogP contribution is -2.39. The molecule has 2 aromatic heterocycles. The average molecular weight is 436 g/mol. The number of ether oxygens (including phenoxy) is 1. The number of amides is 1. The smallest absolute Gasteiger partial charge is 0.226 e. The fourth-order valence-corrected chi connectivity index (χ4v) is 3.97. The van der Waals surface area contributed by atoms with Crippen LogP contribution in [0.15, 0.2) is 48.8 Å². The maximum atomic E-state index is 13.3. The standard InChI is InChI=1S/C24H26FN5O2/c1-16-10-18(19-13-27-24(26)28-14-19)11-22(29-16)17-4-3-8-30(15-17)23(31)7-9-32-21-6-2-5-20(25)12-21/h2,5-6,10-14,17H,3-4,7-9,15H2,1H3,(H2,26,27,28)/t17-/m1/s1. The quantitative estimate of drug-likeness (QED) is 0.634. The van der Waals surface area contributed by atoms with E-state index >= 15 is 0 Å². The highest BCUT2D eigenvalue weighted by molar-refractivity contribution is 5.76. The Bertz CT molecular complexity index is 1090. The number of aryl methyl sites for hydroxylation is 1. The molecule has 1 amide bonds. The predicted molar refractivity (Wildman–Crippen MR) is 119 cm³/mol. The van der Waals surface area contributed by atoms with E-state index in [0.717, 1.165) is 41.9 Å². The van der Waals surface area contributed by atoms with E-state index in [1.54, 1.807) is 24.5 Å². The molecular weight excluding hydrogens is 409 g/mol. The molecular formula is C24H26FN5O2. The Balaban J connectivity index is 1.40. The molecule has 1 saturated heterocycles. The number of carbonyl (C=O) groups is 1. The third kappa shape index (κ3) is 5.38. The molecule has 7 nitrogen and oxygen atoms in total. The highest BCUT2D eigenvalue weighted by Gasteiger charge is 2.26. The first-order valence-electron chi connectivity index (χ1n) is 10.7. The van der Waals surface area contributed by atoms with Crippen LogP contribution in [0, 0.1) is 12.7 Å². The van der Waals surface area contributed by atoms with Gasteiger partial charge in [-0.15, -0.1) is 0 Å². The molecule has 4 rings (SSSR count). The van der Waals surface area contributed by atoms with Gasteiger partial charge in [-0.3, -0.25) is 9.78 Å². The summed E-state index contributed by atoms with van der Waals surface area (Å²) in [6.07, 6.45) is 5.54. The lowest BCUT2D eigenvalue weighted by atomic mass is 9.92. The number of anilines is 1. The second-order valence-electron chi connectivity index (χ2n) is 7.99. The number of nitrogens with zero attached hydrogens (tertiary/aromatic N) is 4. The Kier molecular flexibility index (Phi) is 6.58. The maximum absolute atomic E-state index is 13.3. The van der Waals surface area contributed by atoms with Gasteiger partial charge in [0.05, 0.1) is 13.0 Å². The van der Waals surface area contributed by atoms with E-state index in [9.17, 15) is 9.18 Å². The molecule has 0 unspecified atom stereocenters. The normalized spacial score (nSPS) is 16.1. The molecule has 0 spiro atoms. The van der Waals surface area contributed by atoms with Crippen molar-refractivity contribution < 1.29 is 13.9 Å². The molecule has 0 aliphatic carbocycles. The van der Waals surface area contributed by atoms with Crippen LogP contribution in [0.1, 0.15) is 36.6 Å². The van der Waals surface area contributed by atoms with Gasteiger partial charge in [0.25, 0.3) is 0 Å². The van der Waals surface area contributed by atoms with Crippen LogP contribution in [0.3, 0.4) is 0 Å². The third-order valence-corrected chi connectivity index (χ3v) is 5.55. The minimum absolute atomic E-state index is 0.0333. The van der Waals surface area contributed by atoms with E-state index < -0.39 is 0 Å².